The van der Waals surface area contributed by atoms with Crippen molar-refractivity contribution in [2.45, 2.75) is 36.9 Å². The zero-order chi connectivity index (χ0) is 20.5. The number of hydrogen-bond acceptors (Lipinski definition) is 7. The number of ether oxygens (including phenoxy) is 2. The van der Waals surface area contributed by atoms with Gasteiger partial charge in [0.15, 0.2) is 6.23 Å². The van der Waals surface area contributed by atoms with Crippen LogP contribution in [0.15, 0.2) is 55.1 Å². The number of aryl methyl sites for hydroxylation is 1. The molecule has 2 N–H and O–H groups in total. The molecule has 4 atom stereocenters. The van der Waals surface area contributed by atoms with E-state index < -0.39 is 23.5 Å². The maximum absolute atomic E-state index is 11.1. The van der Waals surface area contributed by atoms with Crippen molar-refractivity contribution in [1.29, 1.82) is 0 Å². The number of aliphatic hydroxyl groups is 2. The van der Waals surface area contributed by atoms with Gasteiger partial charge in [-0.25, -0.2) is 9.97 Å². The Morgan fingerprint density at radius 1 is 1.17 bits per heavy atom. The van der Waals surface area contributed by atoms with Gasteiger partial charge in [-0.05, 0) is 31.2 Å². The fourth-order valence-corrected chi connectivity index (χ4v) is 4.51. The molecule has 1 aliphatic heterocycles. The second-order valence-electron chi connectivity index (χ2n) is 8.09. The lowest BCUT2D eigenvalue weighted by Gasteiger charge is -2.22. The van der Waals surface area contributed by atoms with Crippen LogP contribution in [0.25, 0.3) is 21.9 Å². The number of nitrogens with zero attached hydrogens (tertiary/aromatic N) is 4. The van der Waals surface area contributed by atoms with Crippen molar-refractivity contribution < 1.29 is 19.7 Å². The van der Waals surface area contributed by atoms with E-state index in [9.17, 15) is 10.2 Å². The highest BCUT2D eigenvalue weighted by molar-refractivity contribution is 5.80. The molecule has 4 heterocycles. The monoisotopic (exact) mass is 404 g/mol. The van der Waals surface area contributed by atoms with Gasteiger partial charge in [-0.3, -0.25) is 4.98 Å². The molecule has 8 nitrogen and oxygen atoms in total. The topological polar surface area (TPSA) is 103 Å². The first-order valence-corrected chi connectivity index (χ1v) is 9.85. The van der Waals surface area contributed by atoms with Gasteiger partial charge in [0, 0.05) is 35.7 Å². The Hall–Kier alpha value is -3.07. The molecule has 3 aromatic heterocycles. The van der Waals surface area contributed by atoms with Crippen molar-refractivity contribution >= 4 is 21.9 Å². The van der Waals surface area contributed by atoms with Gasteiger partial charge in [0.1, 0.15) is 41.6 Å². The molecule has 0 amide bonds. The fraction of sp³-hybridized carbons (Fsp3) is 0.318. The molecule has 152 valence electrons. The van der Waals surface area contributed by atoms with E-state index in [1.54, 1.807) is 10.8 Å². The van der Waals surface area contributed by atoms with E-state index in [0.717, 1.165) is 22.0 Å². The minimum absolute atomic E-state index is 0.112. The van der Waals surface area contributed by atoms with Crippen molar-refractivity contribution in [2.75, 3.05) is 6.61 Å². The summed E-state index contributed by atoms with van der Waals surface area (Å²) < 4.78 is 13.8. The molecule has 0 unspecified atom stereocenters. The smallest absolute Gasteiger partial charge is 0.167 e. The summed E-state index contributed by atoms with van der Waals surface area (Å²) in [4.78, 5) is 12.9. The van der Waals surface area contributed by atoms with Gasteiger partial charge < -0.3 is 24.3 Å². The third-order valence-corrected chi connectivity index (χ3v) is 6.34. The molecule has 2 fully saturated rings. The Labute approximate surface area is 171 Å². The molecular weight excluding hydrogens is 384 g/mol. The van der Waals surface area contributed by atoms with Gasteiger partial charge >= 0.3 is 0 Å². The summed E-state index contributed by atoms with van der Waals surface area (Å²) in [6.07, 6.45) is 3.83. The predicted octanol–water partition coefficient (Wildman–Crippen LogP) is 2.13. The number of benzene rings is 1. The number of rotatable bonds is 4. The molecule has 4 aromatic rings. The van der Waals surface area contributed by atoms with Gasteiger partial charge in [-0.1, -0.05) is 6.07 Å². The van der Waals surface area contributed by atoms with Crippen LogP contribution in [-0.2, 0) is 4.74 Å². The maximum atomic E-state index is 11.1. The van der Waals surface area contributed by atoms with Crippen LogP contribution < -0.4 is 4.74 Å². The van der Waals surface area contributed by atoms with Crippen LogP contribution in [0.4, 0.5) is 0 Å². The normalized spacial score (nSPS) is 30.0. The zero-order valence-corrected chi connectivity index (χ0v) is 16.3. The second kappa shape index (κ2) is 5.98. The summed E-state index contributed by atoms with van der Waals surface area (Å²) in [5.41, 5.74) is -0.393. The van der Waals surface area contributed by atoms with E-state index in [2.05, 4.69) is 15.0 Å². The molecule has 1 saturated heterocycles. The Balaban J connectivity index is 1.26. The summed E-state index contributed by atoms with van der Waals surface area (Å²) >= 11 is 0. The lowest BCUT2D eigenvalue weighted by molar-refractivity contribution is -0.0904. The summed E-state index contributed by atoms with van der Waals surface area (Å²) in [6.45, 7) is 2.02. The maximum Gasteiger partial charge on any atom is 0.167 e. The average molecular weight is 404 g/mol. The Morgan fingerprint density at radius 3 is 2.97 bits per heavy atom. The van der Waals surface area contributed by atoms with Crippen LogP contribution in [0.3, 0.4) is 0 Å². The van der Waals surface area contributed by atoms with Crippen LogP contribution in [0.5, 0.6) is 5.75 Å². The second-order valence-corrected chi connectivity index (χ2v) is 8.09. The molecule has 1 aromatic carbocycles. The first-order chi connectivity index (χ1) is 14.5. The molecule has 8 heteroatoms. The van der Waals surface area contributed by atoms with Crippen LogP contribution >= 0.6 is 0 Å². The molecule has 6 rings (SSSR count). The standard InChI is InChI=1S/C22H20N4O4/c1-13-16-6-8-26(19(16)25-12-24-13)20-22(28)11-21(22,27)18(30-20)10-29-15-5-4-14-3-2-7-23-17(14)9-15/h2-9,12,18,20,27-28H,10-11H2,1H3/t18-,20-,21-,22-/m1/s1. The summed E-state index contributed by atoms with van der Waals surface area (Å²) in [6, 6.07) is 11.4. The van der Waals surface area contributed by atoms with E-state index >= 15 is 0 Å². The largest absolute Gasteiger partial charge is 0.491 e. The average Bonchev–Trinajstić information content (AvgIpc) is 3.03. The minimum Gasteiger partial charge on any atom is -0.491 e. The molecule has 2 aliphatic rings. The summed E-state index contributed by atoms with van der Waals surface area (Å²) in [7, 11) is 0. The molecule has 30 heavy (non-hydrogen) atoms. The van der Waals surface area contributed by atoms with Gasteiger partial charge in [0.2, 0.25) is 0 Å². The Kier molecular flexibility index (Phi) is 3.54. The molecule has 0 radical (unpaired) electrons. The highest BCUT2D eigenvalue weighted by Crippen LogP contribution is 2.63. The van der Waals surface area contributed by atoms with Crippen molar-refractivity contribution in [2.24, 2.45) is 0 Å². The molecule has 0 bridgehead atoms. The number of aromatic nitrogens is 4. The van der Waals surface area contributed by atoms with E-state index in [0.29, 0.717) is 11.4 Å². The van der Waals surface area contributed by atoms with Gasteiger partial charge in [0.05, 0.1) is 11.2 Å². The number of fused-ring (bicyclic) bond motifs is 3. The number of hydrogen-bond donors (Lipinski definition) is 2. The highest BCUT2D eigenvalue weighted by atomic mass is 16.6. The summed E-state index contributed by atoms with van der Waals surface area (Å²) in [5.74, 6) is 0.635. The van der Waals surface area contributed by atoms with Crippen molar-refractivity contribution in [1.82, 2.24) is 19.5 Å². The quantitative estimate of drug-likeness (QED) is 0.537. The van der Waals surface area contributed by atoms with Gasteiger partial charge in [0.25, 0.3) is 0 Å². The van der Waals surface area contributed by atoms with E-state index in [1.807, 2.05) is 49.5 Å². The van der Waals surface area contributed by atoms with Crippen LogP contribution in [0.1, 0.15) is 18.3 Å². The van der Waals surface area contributed by atoms with Crippen LogP contribution in [-0.4, -0.2) is 53.6 Å². The first kappa shape index (κ1) is 17.8. The van der Waals surface area contributed by atoms with Gasteiger partial charge in [-0.2, -0.15) is 0 Å². The lowest BCUT2D eigenvalue weighted by atomic mass is 10.1. The fourth-order valence-electron chi connectivity index (χ4n) is 4.51. The van der Waals surface area contributed by atoms with Crippen molar-refractivity contribution in [3.8, 4) is 5.75 Å². The predicted molar refractivity (Wildman–Crippen MR) is 108 cm³/mol. The molecule has 0 spiro atoms. The van der Waals surface area contributed by atoms with E-state index in [4.69, 9.17) is 9.47 Å². The van der Waals surface area contributed by atoms with E-state index in [-0.39, 0.29) is 13.0 Å². The van der Waals surface area contributed by atoms with Crippen molar-refractivity contribution in [3.05, 3.63) is 60.8 Å². The van der Waals surface area contributed by atoms with Gasteiger partial charge in [-0.15, -0.1) is 0 Å². The Bertz CT molecular complexity index is 1290. The third kappa shape index (κ3) is 2.35. The van der Waals surface area contributed by atoms with E-state index in [1.165, 1.54) is 6.33 Å². The zero-order valence-electron chi connectivity index (χ0n) is 16.3. The minimum atomic E-state index is -1.38. The first-order valence-electron chi connectivity index (χ1n) is 9.85. The van der Waals surface area contributed by atoms with Crippen molar-refractivity contribution in [3.63, 3.8) is 0 Å². The molecule has 1 saturated carbocycles. The van der Waals surface area contributed by atoms with Crippen LogP contribution in [0.2, 0.25) is 0 Å². The third-order valence-electron chi connectivity index (χ3n) is 6.34. The lowest BCUT2D eigenvalue weighted by Crippen LogP contribution is -2.35. The summed E-state index contributed by atoms with van der Waals surface area (Å²) in [5, 5.41) is 24.0. The number of pyridine rings is 1. The SMILES string of the molecule is Cc1ncnc2c1ccn2[C@@H]1O[C@H](COc2ccc3cccnc3c2)[C@]2(O)C[C@@]12O. The van der Waals surface area contributed by atoms with Crippen LogP contribution in [0, 0.1) is 6.92 Å². The molecule has 1 aliphatic carbocycles. The highest BCUT2D eigenvalue weighted by Gasteiger charge is 2.80. The molecular formula is C22H20N4O4. The Morgan fingerprint density at radius 2 is 2.07 bits per heavy atom.